The summed E-state index contributed by atoms with van der Waals surface area (Å²) in [6.07, 6.45) is 1.63. The van der Waals surface area contributed by atoms with E-state index in [0.29, 0.717) is 19.1 Å². The lowest BCUT2D eigenvalue weighted by Gasteiger charge is -2.26. The lowest BCUT2D eigenvalue weighted by Crippen LogP contribution is -2.37. The van der Waals surface area contributed by atoms with Crippen LogP contribution in [0.3, 0.4) is 0 Å². The molecule has 1 aliphatic rings. The highest BCUT2D eigenvalue weighted by atomic mass is 127. The zero-order valence-corrected chi connectivity index (χ0v) is 18.5. The van der Waals surface area contributed by atoms with E-state index in [1.807, 2.05) is 36.4 Å². The Kier molecular flexibility index (Phi) is 8.02. The van der Waals surface area contributed by atoms with Crippen LogP contribution in [-0.2, 0) is 6.42 Å². The molecule has 0 radical (unpaired) electrons. The summed E-state index contributed by atoms with van der Waals surface area (Å²) in [6.45, 7) is 1.27. The van der Waals surface area contributed by atoms with Crippen LogP contribution in [0.4, 0.5) is 0 Å². The third kappa shape index (κ3) is 5.03. The molecule has 0 bridgehead atoms. The molecular formula is C19H23BrIN3O2. The van der Waals surface area contributed by atoms with E-state index in [-0.39, 0.29) is 30.0 Å². The summed E-state index contributed by atoms with van der Waals surface area (Å²) in [6, 6.07) is 14.2. The normalized spacial score (nSPS) is 16.1. The van der Waals surface area contributed by atoms with E-state index >= 15 is 0 Å². The van der Waals surface area contributed by atoms with Crippen molar-refractivity contribution in [3.63, 3.8) is 0 Å². The summed E-state index contributed by atoms with van der Waals surface area (Å²) in [5.74, 6) is 2.22. The second-order valence-corrected chi connectivity index (χ2v) is 6.68. The second-order valence-electron chi connectivity index (χ2n) is 5.82. The summed E-state index contributed by atoms with van der Waals surface area (Å²) < 4.78 is 12.1. The number of ether oxygens (including phenoxy) is 2. The van der Waals surface area contributed by atoms with E-state index in [1.54, 1.807) is 7.11 Å². The number of hydrogen-bond acceptors (Lipinski definition) is 3. The highest BCUT2D eigenvalue weighted by molar-refractivity contribution is 14.0. The van der Waals surface area contributed by atoms with Crippen molar-refractivity contribution in [1.29, 1.82) is 0 Å². The highest BCUT2D eigenvalue weighted by Gasteiger charge is 2.21. The molecule has 0 saturated carbocycles. The second kappa shape index (κ2) is 10.0. The fourth-order valence-corrected chi connectivity index (χ4v) is 3.56. The van der Waals surface area contributed by atoms with E-state index < -0.39 is 0 Å². The zero-order valence-electron chi connectivity index (χ0n) is 14.6. The molecule has 1 atom stereocenters. The Labute approximate surface area is 179 Å². The maximum Gasteiger partial charge on any atom is 0.189 e. The number of nitrogens with zero attached hydrogens (tertiary/aromatic N) is 1. The maximum absolute atomic E-state index is 6.08. The average molecular weight is 532 g/mol. The molecule has 0 aromatic heterocycles. The Hall–Kier alpha value is -1.48. The van der Waals surface area contributed by atoms with Gasteiger partial charge in [0.1, 0.15) is 11.5 Å². The summed E-state index contributed by atoms with van der Waals surface area (Å²) in [5, 5.41) is 3.31. The quantitative estimate of drug-likeness (QED) is 0.347. The number of guanidine groups is 1. The number of fused-ring (bicyclic) bond motifs is 1. The minimum Gasteiger partial charge on any atom is -0.495 e. The SMILES string of the molecule is COc1c(Br)cccc1CCN=C(N)NC1CCOc2ccccc21.I. The molecule has 26 heavy (non-hydrogen) atoms. The molecule has 7 heteroatoms. The number of aliphatic imine (C=N–C) groups is 1. The van der Waals surface area contributed by atoms with Gasteiger partial charge in [-0.15, -0.1) is 24.0 Å². The lowest BCUT2D eigenvalue weighted by atomic mass is 10.0. The minimum absolute atomic E-state index is 0. The van der Waals surface area contributed by atoms with Gasteiger partial charge >= 0.3 is 0 Å². The zero-order chi connectivity index (χ0) is 17.6. The first-order valence-corrected chi connectivity index (χ1v) is 9.08. The number of benzene rings is 2. The van der Waals surface area contributed by atoms with Crippen LogP contribution < -0.4 is 20.5 Å². The molecule has 2 aromatic carbocycles. The summed E-state index contributed by atoms with van der Waals surface area (Å²) in [5.41, 5.74) is 8.31. The lowest BCUT2D eigenvalue weighted by molar-refractivity contribution is 0.262. The molecular weight excluding hydrogens is 509 g/mol. The molecule has 1 heterocycles. The van der Waals surface area contributed by atoms with E-state index in [9.17, 15) is 0 Å². The van der Waals surface area contributed by atoms with Gasteiger partial charge in [0.15, 0.2) is 5.96 Å². The molecule has 0 fully saturated rings. The first-order valence-electron chi connectivity index (χ1n) is 8.28. The van der Waals surface area contributed by atoms with Gasteiger partial charge in [-0.2, -0.15) is 0 Å². The molecule has 140 valence electrons. The van der Waals surface area contributed by atoms with Crippen molar-refractivity contribution >= 4 is 45.9 Å². The largest absolute Gasteiger partial charge is 0.495 e. The topological polar surface area (TPSA) is 68.9 Å². The van der Waals surface area contributed by atoms with Gasteiger partial charge in [0.05, 0.1) is 24.2 Å². The van der Waals surface area contributed by atoms with Crippen LogP contribution in [0.25, 0.3) is 0 Å². The fourth-order valence-electron chi connectivity index (χ4n) is 2.99. The van der Waals surface area contributed by atoms with E-state index in [1.165, 1.54) is 0 Å². The number of methoxy groups -OCH3 is 1. The van der Waals surface area contributed by atoms with Gasteiger partial charge < -0.3 is 20.5 Å². The van der Waals surface area contributed by atoms with Crippen LogP contribution in [0.1, 0.15) is 23.6 Å². The summed E-state index contributed by atoms with van der Waals surface area (Å²) in [7, 11) is 1.67. The number of para-hydroxylation sites is 2. The van der Waals surface area contributed by atoms with Crippen LogP contribution in [0.15, 0.2) is 51.9 Å². The van der Waals surface area contributed by atoms with Crippen LogP contribution >= 0.6 is 39.9 Å². The number of nitrogens with two attached hydrogens (primary N) is 1. The van der Waals surface area contributed by atoms with Crippen molar-refractivity contribution in [2.24, 2.45) is 10.7 Å². The van der Waals surface area contributed by atoms with Crippen LogP contribution in [0.5, 0.6) is 11.5 Å². The van der Waals surface area contributed by atoms with E-state index in [0.717, 1.165) is 39.9 Å². The van der Waals surface area contributed by atoms with E-state index in [4.69, 9.17) is 15.2 Å². The first-order chi connectivity index (χ1) is 12.2. The third-order valence-electron chi connectivity index (χ3n) is 4.20. The molecule has 0 spiro atoms. The van der Waals surface area contributed by atoms with Crippen LogP contribution in [0.2, 0.25) is 0 Å². The highest BCUT2D eigenvalue weighted by Crippen LogP contribution is 2.31. The molecule has 5 nitrogen and oxygen atoms in total. The molecule has 1 unspecified atom stereocenters. The van der Waals surface area contributed by atoms with E-state index in [2.05, 4.69) is 32.3 Å². The predicted octanol–water partition coefficient (Wildman–Crippen LogP) is 4.05. The monoisotopic (exact) mass is 531 g/mol. The van der Waals surface area contributed by atoms with Crippen molar-refractivity contribution in [2.75, 3.05) is 20.3 Å². The average Bonchev–Trinajstić information content (AvgIpc) is 2.62. The molecule has 2 aromatic rings. The standard InChI is InChI=1S/C19H22BrN3O2.HI/c1-24-18-13(5-4-7-15(18)20)9-11-22-19(21)23-16-10-12-25-17-8-3-2-6-14(16)17;/h2-8,16H,9-12H2,1H3,(H3,21,22,23);1H. The van der Waals surface area contributed by atoms with Gasteiger partial charge in [0, 0.05) is 18.5 Å². The maximum atomic E-state index is 6.08. The molecule has 1 aliphatic heterocycles. The predicted molar refractivity (Wildman–Crippen MR) is 119 cm³/mol. The van der Waals surface area contributed by atoms with Gasteiger partial charge in [0.25, 0.3) is 0 Å². The smallest absolute Gasteiger partial charge is 0.189 e. The van der Waals surface area contributed by atoms with Crippen molar-refractivity contribution in [1.82, 2.24) is 5.32 Å². The van der Waals surface area contributed by atoms with Gasteiger partial charge in [0.2, 0.25) is 0 Å². The summed E-state index contributed by atoms with van der Waals surface area (Å²) in [4.78, 5) is 4.46. The minimum atomic E-state index is 0. The van der Waals surface area contributed by atoms with Crippen molar-refractivity contribution in [2.45, 2.75) is 18.9 Å². The number of halogens is 2. The Balaban J connectivity index is 0.00000243. The molecule has 0 aliphatic carbocycles. The molecule has 3 N–H and O–H groups in total. The number of hydrogen-bond donors (Lipinski definition) is 2. The molecule has 3 rings (SSSR count). The Morgan fingerprint density at radius 3 is 2.92 bits per heavy atom. The van der Waals surface area contributed by atoms with Gasteiger partial charge in [-0.1, -0.05) is 30.3 Å². The van der Waals surface area contributed by atoms with Gasteiger partial charge in [-0.3, -0.25) is 4.99 Å². The molecule has 0 amide bonds. The third-order valence-corrected chi connectivity index (χ3v) is 4.82. The van der Waals surface area contributed by atoms with Crippen molar-refractivity contribution < 1.29 is 9.47 Å². The first kappa shape index (κ1) is 20.8. The Morgan fingerprint density at radius 1 is 1.31 bits per heavy atom. The van der Waals surface area contributed by atoms with Crippen molar-refractivity contribution in [3.05, 3.63) is 58.1 Å². The van der Waals surface area contributed by atoms with Crippen LogP contribution in [-0.4, -0.2) is 26.2 Å². The Bertz CT molecular complexity index is 770. The van der Waals surface area contributed by atoms with Gasteiger partial charge in [-0.25, -0.2) is 0 Å². The number of rotatable bonds is 5. The summed E-state index contributed by atoms with van der Waals surface area (Å²) >= 11 is 3.50. The Morgan fingerprint density at radius 2 is 2.12 bits per heavy atom. The van der Waals surface area contributed by atoms with Gasteiger partial charge in [-0.05, 0) is 40.0 Å². The fraction of sp³-hybridized carbons (Fsp3) is 0.316. The van der Waals surface area contributed by atoms with Crippen LogP contribution in [0, 0.1) is 0 Å². The van der Waals surface area contributed by atoms with Crippen molar-refractivity contribution in [3.8, 4) is 11.5 Å². The molecule has 0 saturated heterocycles. The number of nitrogens with one attached hydrogen (secondary N) is 1.